The average molecular weight is 394 g/mol. The molecule has 0 saturated carbocycles. The van der Waals surface area contributed by atoms with E-state index in [1.54, 1.807) is 29.2 Å². The molecule has 2 aromatic rings. The summed E-state index contributed by atoms with van der Waals surface area (Å²) in [6, 6.07) is 13.0. The molecule has 0 spiro atoms. The van der Waals surface area contributed by atoms with Gasteiger partial charge in [-0.1, -0.05) is 17.7 Å². The number of rotatable bonds is 5. The van der Waals surface area contributed by atoms with E-state index >= 15 is 0 Å². The number of hydrogen-bond acceptors (Lipinski definition) is 4. The largest absolute Gasteiger partial charge is 0.457 e. The molecule has 0 radical (unpaired) electrons. The lowest BCUT2D eigenvalue weighted by atomic mass is 9.99. The van der Waals surface area contributed by atoms with Crippen LogP contribution >= 0.6 is 11.6 Å². The summed E-state index contributed by atoms with van der Waals surface area (Å²) >= 11 is 5.88. The highest BCUT2D eigenvalue weighted by Crippen LogP contribution is 2.28. The minimum absolute atomic E-state index is 0.0229. The normalized spacial score (nSPS) is 14.0. The molecule has 1 heterocycles. The molecule has 3 rings (SSSR count). The molecule has 2 aromatic carbocycles. The monoisotopic (exact) mass is 393 g/mol. The predicted molar refractivity (Wildman–Crippen MR) is 101 cm³/mol. The lowest BCUT2D eigenvalue weighted by Gasteiger charge is -2.29. The Hall–Kier alpha value is -2.05. The van der Waals surface area contributed by atoms with Crippen LogP contribution in [-0.4, -0.2) is 37.8 Å². The highest BCUT2D eigenvalue weighted by Gasteiger charge is 2.22. The highest BCUT2D eigenvalue weighted by molar-refractivity contribution is 7.90. The van der Waals surface area contributed by atoms with Crippen molar-refractivity contribution in [1.82, 2.24) is 4.90 Å². The molecule has 1 amide bonds. The standard InChI is InChI=1S/C19H20ClNO4S/c1-26(23,24)11-9-19(22)21-10-8-14-2-5-18(12-15(14)13-21)25-17-6-3-16(20)4-7-17/h2-7,12H,8-11,13H2,1H3. The van der Waals surface area contributed by atoms with E-state index in [1.807, 2.05) is 18.2 Å². The van der Waals surface area contributed by atoms with Crippen LogP contribution in [0.15, 0.2) is 42.5 Å². The van der Waals surface area contributed by atoms with E-state index in [2.05, 4.69) is 0 Å². The van der Waals surface area contributed by atoms with Crippen molar-refractivity contribution in [1.29, 1.82) is 0 Å². The van der Waals surface area contributed by atoms with Gasteiger partial charge < -0.3 is 9.64 Å². The lowest BCUT2D eigenvalue weighted by Crippen LogP contribution is -2.36. The second-order valence-corrected chi connectivity index (χ2v) is 9.13. The van der Waals surface area contributed by atoms with E-state index < -0.39 is 9.84 Å². The molecule has 7 heteroatoms. The SMILES string of the molecule is CS(=O)(=O)CCC(=O)N1CCc2ccc(Oc3ccc(Cl)cc3)cc2C1. The first-order valence-electron chi connectivity index (χ1n) is 8.31. The number of hydrogen-bond donors (Lipinski definition) is 0. The summed E-state index contributed by atoms with van der Waals surface area (Å²) in [5.41, 5.74) is 2.20. The van der Waals surface area contributed by atoms with Crippen molar-refractivity contribution in [3.05, 3.63) is 58.6 Å². The van der Waals surface area contributed by atoms with Gasteiger partial charge in [-0.15, -0.1) is 0 Å². The van der Waals surface area contributed by atoms with Crippen molar-refractivity contribution < 1.29 is 17.9 Å². The highest BCUT2D eigenvalue weighted by atomic mass is 35.5. The maximum absolute atomic E-state index is 12.3. The first kappa shape index (κ1) is 18.7. The van der Waals surface area contributed by atoms with E-state index in [0.717, 1.165) is 18.2 Å². The Morgan fingerprint density at radius 3 is 2.50 bits per heavy atom. The molecule has 1 aliphatic heterocycles. The van der Waals surface area contributed by atoms with Crippen LogP contribution < -0.4 is 4.74 Å². The molecule has 0 N–H and O–H groups in total. The van der Waals surface area contributed by atoms with Gasteiger partial charge in [0.15, 0.2) is 0 Å². The number of amides is 1. The van der Waals surface area contributed by atoms with Crippen molar-refractivity contribution >= 4 is 27.3 Å². The Balaban J connectivity index is 1.69. The second-order valence-electron chi connectivity index (χ2n) is 6.43. The van der Waals surface area contributed by atoms with Crippen molar-refractivity contribution in [3.63, 3.8) is 0 Å². The first-order chi connectivity index (χ1) is 12.3. The number of halogens is 1. The van der Waals surface area contributed by atoms with Crippen LogP contribution in [0.1, 0.15) is 17.5 Å². The van der Waals surface area contributed by atoms with Gasteiger partial charge in [-0.2, -0.15) is 0 Å². The summed E-state index contributed by atoms with van der Waals surface area (Å²) in [5.74, 6) is 1.13. The predicted octanol–water partition coefficient (Wildman–Crippen LogP) is 3.45. The van der Waals surface area contributed by atoms with Gasteiger partial charge in [0.1, 0.15) is 21.3 Å². The fraction of sp³-hybridized carbons (Fsp3) is 0.316. The van der Waals surface area contributed by atoms with Gasteiger partial charge in [-0.05, 0) is 53.9 Å². The quantitative estimate of drug-likeness (QED) is 0.780. The maximum atomic E-state index is 12.3. The number of sulfone groups is 1. The molecule has 0 aromatic heterocycles. The van der Waals surface area contributed by atoms with Crippen LogP contribution in [0.4, 0.5) is 0 Å². The fourth-order valence-electron chi connectivity index (χ4n) is 2.88. The zero-order valence-corrected chi connectivity index (χ0v) is 16.0. The van der Waals surface area contributed by atoms with Crippen LogP contribution in [0, 0.1) is 0 Å². The van der Waals surface area contributed by atoms with Gasteiger partial charge in [0.25, 0.3) is 0 Å². The topological polar surface area (TPSA) is 63.7 Å². The Morgan fingerprint density at radius 1 is 1.12 bits per heavy atom. The molecule has 0 atom stereocenters. The van der Waals surface area contributed by atoms with Crippen molar-refractivity contribution in [2.45, 2.75) is 19.4 Å². The maximum Gasteiger partial charge on any atom is 0.223 e. The van der Waals surface area contributed by atoms with E-state index in [0.29, 0.717) is 29.6 Å². The van der Waals surface area contributed by atoms with Crippen LogP contribution in [0.2, 0.25) is 5.02 Å². The molecular formula is C19H20ClNO4S. The van der Waals surface area contributed by atoms with Crippen LogP contribution in [0.5, 0.6) is 11.5 Å². The summed E-state index contributed by atoms with van der Waals surface area (Å²) < 4.78 is 28.4. The smallest absolute Gasteiger partial charge is 0.223 e. The zero-order valence-electron chi connectivity index (χ0n) is 14.4. The minimum atomic E-state index is -3.14. The summed E-state index contributed by atoms with van der Waals surface area (Å²) in [7, 11) is -3.14. The van der Waals surface area contributed by atoms with Crippen molar-refractivity contribution in [2.24, 2.45) is 0 Å². The molecule has 0 bridgehead atoms. The number of carbonyl (C=O) groups is 1. The van der Waals surface area contributed by atoms with Gasteiger partial charge in [-0.3, -0.25) is 4.79 Å². The number of benzene rings is 2. The lowest BCUT2D eigenvalue weighted by molar-refractivity contribution is -0.131. The van der Waals surface area contributed by atoms with Gasteiger partial charge >= 0.3 is 0 Å². The molecular weight excluding hydrogens is 374 g/mol. The Bertz CT molecular complexity index is 910. The molecule has 1 aliphatic rings. The molecule has 5 nitrogen and oxygen atoms in total. The summed E-state index contributed by atoms with van der Waals surface area (Å²) in [4.78, 5) is 14.0. The minimum Gasteiger partial charge on any atom is -0.457 e. The molecule has 138 valence electrons. The molecule has 0 aliphatic carbocycles. The summed E-state index contributed by atoms with van der Waals surface area (Å²) in [6.07, 6.45) is 1.92. The Kier molecular flexibility index (Phi) is 5.53. The zero-order chi connectivity index (χ0) is 18.7. The summed E-state index contributed by atoms with van der Waals surface area (Å²) in [5, 5.41) is 0.644. The van der Waals surface area contributed by atoms with Crippen molar-refractivity contribution in [2.75, 3.05) is 18.6 Å². The fourth-order valence-corrected chi connectivity index (χ4v) is 3.55. The summed E-state index contributed by atoms with van der Waals surface area (Å²) in [6.45, 7) is 1.07. The Morgan fingerprint density at radius 2 is 1.81 bits per heavy atom. The number of carbonyl (C=O) groups excluding carboxylic acids is 1. The van der Waals surface area contributed by atoms with Gasteiger partial charge in [-0.25, -0.2) is 8.42 Å². The third kappa shape index (κ3) is 4.99. The molecule has 0 saturated heterocycles. The third-order valence-electron chi connectivity index (χ3n) is 4.28. The average Bonchev–Trinajstić information content (AvgIpc) is 2.60. The number of nitrogens with zero attached hydrogens (tertiary/aromatic N) is 1. The third-order valence-corrected chi connectivity index (χ3v) is 5.48. The molecule has 26 heavy (non-hydrogen) atoms. The van der Waals surface area contributed by atoms with E-state index in [9.17, 15) is 13.2 Å². The van der Waals surface area contributed by atoms with Gasteiger partial charge in [0.2, 0.25) is 5.91 Å². The van der Waals surface area contributed by atoms with Crippen molar-refractivity contribution in [3.8, 4) is 11.5 Å². The van der Waals surface area contributed by atoms with E-state index in [-0.39, 0.29) is 18.1 Å². The van der Waals surface area contributed by atoms with E-state index in [4.69, 9.17) is 16.3 Å². The molecule has 0 fully saturated rings. The van der Waals surface area contributed by atoms with Crippen LogP contribution in [0.25, 0.3) is 0 Å². The van der Waals surface area contributed by atoms with Crippen LogP contribution in [0.3, 0.4) is 0 Å². The van der Waals surface area contributed by atoms with Crippen LogP contribution in [-0.2, 0) is 27.6 Å². The second kappa shape index (κ2) is 7.68. The van der Waals surface area contributed by atoms with Gasteiger partial charge in [0, 0.05) is 30.8 Å². The van der Waals surface area contributed by atoms with E-state index in [1.165, 1.54) is 5.56 Å². The first-order valence-corrected chi connectivity index (χ1v) is 10.7. The number of fused-ring (bicyclic) bond motifs is 1. The Labute approximate surface area is 158 Å². The number of ether oxygens (including phenoxy) is 1. The molecule has 0 unspecified atom stereocenters. The van der Waals surface area contributed by atoms with Gasteiger partial charge in [0.05, 0.1) is 5.75 Å².